The fourth-order valence-electron chi connectivity index (χ4n) is 1.56. The summed E-state index contributed by atoms with van der Waals surface area (Å²) in [5, 5.41) is 2.85. The molecule has 0 fully saturated rings. The van der Waals surface area contributed by atoms with Gasteiger partial charge >= 0.3 is 0 Å². The topological polar surface area (TPSA) is 33.2 Å². The second-order valence-electron chi connectivity index (χ2n) is 3.81. The fraction of sp³-hybridized carbons (Fsp3) is 0.167. The Labute approximate surface area is 119 Å². The zero-order valence-corrected chi connectivity index (χ0v) is 11.9. The average molecular weight is 301 g/mol. The molecule has 0 atom stereocenters. The smallest absolute Gasteiger partial charge is 0.273 e. The lowest BCUT2D eigenvalue weighted by Crippen LogP contribution is -2.26. The summed E-state index contributed by atoms with van der Waals surface area (Å²) < 4.78 is 0. The van der Waals surface area contributed by atoms with Crippen LogP contribution in [0.1, 0.15) is 16.1 Å². The molecule has 0 spiro atoms. The molecule has 0 aliphatic heterocycles. The van der Waals surface area contributed by atoms with Crippen molar-refractivity contribution >= 4 is 40.4 Å². The summed E-state index contributed by atoms with van der Waals surface area (Å²) >= 11 is 13.2. The summed E-state index contributed by atoms with van der Waals surface area (Å²) in [5.41, 5.74) is 2.98. The Hall–Kier alpha value is -1.10. The largest absolute Gasteiger partial charge is 0.336 e. The van der Waals surface area contributed by atoms with Gasteiger partial charge in [-0.15, -0.1) is 11.3 Å². The Kier molecular flexibility index (Phi) is 4.22. The van der Waals surface area contributed by atoms with E-state index in [2.05, 4.69) is 4.98 Å². The predicted octanol–water partition coefficient (Wildman–Crippen LogP) is 3.72. The van der Waals surface area contributed by atoms with Crippen molar-refractivity contribution in [2.45, 2.75) is 6.54 Å². The van der Waals surface area contributed by atoms with Crippen LogP contribution in [0.25, 0.3) is 0 Å². The number of rotatable bonds is 3. The average Bonchev–Trinajstić information content (AvgIpc) is 2.79. The number of nitrogens with zero attached hydrogens (tertiary/aromatic N) is 2. The van der Waals surface area contributed by atoms with Crippen LogP contribution < -0.4 is 0 Å². The van der Waals surface area contributed by atoms with Gasteiger partial charge in [-0.3, -0.25) is 4.79 Å². The normalized spacial score (nSPS) is 10.4. The Morgan fingerprint density at radius 3 is 2.56 bits per heavy atom. The molecule has 1 heterocycles. The van der Waals surface area contributed by atoms with Gasteiger partial charge < -0.3 is 4.90 Å². The number of hydrogen-bond acceptors (Lipinski definition) is 3. The Bertz CT molecular complexity index is 537. The molecule has 0 unspecified atom stereocenters. The molecule has 6 heteroatoms. The van der Waals surface area contributed by atoms with Gasteiger partial charge in [-0.05, 0) is 23.8 Å². The monoisotopic (exact) mass is 300 g/mol. The number of thiazole rings is 1. The van der Waals surface area contributed by atoms with Crippen LogP contribution in [0.4, 0.5) is 0 Å². The maximum atomic E-state index is 12.0. The lowest BCUT2D eigenvalue weighted by atomic mass is 10.2. The highest BCUT2D eigenvalue weighted by Gasteiger charge is 2.14. The molecule has 1 aromatic carbocycles. The van der Waals surface area contributed by atoms with E-state index in [-0.39, 0.29) is 5.91 Å². The van der Waals surface area contributed by atoms with E-state index in [9.17, 15) is 4.79 Å². The molecule has 0 bridgehead atoms. The summed E-state index contributed by atoms with van der Waals surface area (Å²) in [7, 11) is 1.72. The number of hydrogen-bond donors (Lipinski definition) is 0. The molecule has 0 radical (unpaired) electrons. The van der Waals surface area contributed by atoms with E-state index in [1.54, 1.807) is 41.0 Å². The second-order valence-corrected chi connectivity index (χ2v) is 5.40. The third kappa shape index (κ3) is 3.22. The van der Waals surface area contributed by atoms with Gasteiger partial charge in [-0.25, -0.2) is 4.98 Å². The van der Waals surface area contributed by atoms with Crippen molar-refractivity contribution in [2.24, 2.45) is 0 Å². The van der Waals surface area contributed by atoms with Crippen molar-refractivity contribution in [2.75, 3.05) is 7.05 Å². The molecule has 0 aliphatic carbocycles. The minimum absolute atomic E-state index is 0.118. The van der Waals surface area contributed by atoms with Gasteiger partial charge in [0.15, 0.2) is 0 Å². The molecule has 94 valence electrons. The highest BCUT2D eigenvalue weighted by molar-refractivity contribution is 7.07. The number of halogens is 2. The van der Waals surface area contributed by atoms with Crippen molar-refractivity contribution in [1.29, 1.82) is 0 Å². The van der Waals surface area contributed by atoms with Crippen LogP contribution >= 0.6 is 34.5 Å². The van der Waals surface area contributed by atoms with Crippen LogP contribution in [0.5, 0.6) is 0 Å². The highest BCUT2D eigenvalue weighted by atomic mass is 35.5. The molecule has 0 N–H and O–H groups in total. The first-order valence-electron chi connectivity index (χ1n) is 5.15. The van der Waals surface area contributed by atoms with Gasteiger partial charge in [0.05, 0.1) is 5.51 Å². The minimum Gasteiger partial charge on any atom is -0.336 e. The van der Waals surface area contributed by atoms with Crippen LogP contribution in [-0.2, 0) is 6.54 Å². The van der Waals surface area contributed by atoms with Gasteiger partial charge in [-0.2, -0.15) is 0 Å². The molecular formula is C12H10Cl2N2OS. The van der Waals surface area contributed by atoms with E-state index >= 15 is 0 Å². The third-order valence-corrected chi connectivity index (χ3v) is 3.36. The quantitative estimate of drug-likeness (QED) is 0.865. The van der Waals surface area contributed by atoms with Gasteiger partial charge in [0.2, 0.25) is 0 Å². The summed E-state index contributed by atoms with van der Waals surface area (Å²) in [6, 6.07) is 5.24. The molecule has 0 saturated heterocycles. The Morgan fingerprint density at radius 2 is 2.00 bits per heavy atom. The van der Waals surface area contributed by atoms with Gasteiger partial charge in [0.25, 0.3) is 5.91 Å². The van der Waals surface area contributed by atoms with Gasteiger partial charge in [0.1, 0.15) is 5.69 Å². The van der Waals surface area contributed by atoms with Crippen molar-refractivity contribution in [3.05, 3.63) is 50.4 Å². The number of amides is 1. The summed E-state index contributed by atoms with van der Waals surface area (Å²) in [6.07, 6.45) is 0. The lowest BCUT2D eigenvalue weighted by molar-refractivity contribution is 0.0780. The number of carbonyl (C=O) groups excluding carboxylic acids is 1. The lowest BCUT2D eigenvalue weighted by Gasteiger charge is -2.16. The van der Waals surface area contributed by atoms with Crippen LogP contribution in [0.3, 0.4) is 0 Å². The molecule has 2 aromatic rings. The molecule has 1 aromatic heterocycles. The molecule has 0 saturated carbocycles. The minimum atomic E-state index is -0.118. The molecule has 0 aliphatic rings. The number of aromatic nitrogens is 1. The molecular weight excluding hydrogens is 291 g/mol. The van der Waals surface area contributed by atoms with E-state index < -0.39 is 0 Å². The number of carbonyl (C=O) groups is 1. The van der Waals surface area contributed by atoms with Crippen molar-refractivity contribution in [3.8, 4) is 0 Å². The van der Waals surface area contributed by atoms with E-state index in [1.165, 1.54) is 11.3 Å². The van der Waals surface area contributed by atoms with Gasteiger partial charge in [0, 0.05) is 29.0 Å². The summed E-state index contributed by atoms with van der Waals surface area (Å²) in [6.45, 7) is 0.441. The summed E-state index contributed by atoms with van der Waals surface area (Å²) in [4.78, 5) is 17.6. The van der Waals surface area contributed by atoms with E-state index in [0.29, 0.717) is 22.3 Å². The van der Waals surface area contributed by atoms with E-state index in [1.807, 2.05) is 0 Å². The van der Waals surface area contributed by atoms with Crippen molar-refractivity contribution < 1.29 is 4.79 Å². The zero-order chi connectivity index (χ0) is 13.1. The molecule has 2 rings (SSSR count). The Morgan fingerprint density at radius 1 is 1.33 bits per heavy atom. The van der Waals surface area contributed by atoms with E-state index in [4.69, 9.17) is 23.2 Å². The van der Waals surface area contributed by atoms with Crippen LogP contribution in [0.15, 0.2) is 29.1 Å². The molecule has 3 nitrogen and oxygen atoms in total. The summed E-state index contributed by atoms with van der Waals surface area (Å²) in [5.74, 6) is -0.118. The molecule has 1 amide bonds. The second kappa shape index (κ2) is 5.69. The van der Waals surface area contributed by atoms with Crippen molar-refractivity contribution in [1.82, 2.24) is 9.88 Å². The van der Waals surface area contributed by atoms with Crippen LogP contribution in [0.2, 0.25) is 10.0 Å². The molecule has 18 heavy (non-hydrogen) atoms. The first kappa shape index (κ1) is 13.3. The third-order valence-electron chi connectivity index (χ3n) is 2.34. The van der Waals surface area contributed by atoms with Gasteiger partial charge in [-0.1, -0.05) is 23.2 Å². The Balaban J connectivity index is 2.11. The zero-order valence-electron chi connectivity index (χ0n) is 9.56. The first-order chi connectivity index (χ1) is 8.56. The fourth-order valence-corrected chi connectivity index (χ4v) is 2.66. The number of benzene rings is 1. The predicted molar refractivity (Wildman–Crippen MR) is 74.4 cm³/mol. The van der Waals surface area contributed by atoms with E-state index in [0.717, 1.165) is 5.56 Å². The highest BCUT2D eigenvalue weighted by Crippen LogP contribution is 2.20. The SMILES string of the molecule is CN(Cc1cc(Cl)cc(Cl)c1)C(=O)c1cscn1. The first-order valence-corrected chi connectivity index (χ1v) is 6.85. The van der Waals surface area contributed by atoms with Crippen molar-refractivity contribution in [3.63, 3.8) is 0 Å². The van der Waals surface area contributed by atoms with Crippen LogP contribution in [-0.4, -0.2) is 22.8 Å². The maximum Gasteiger partial charge on any atom is 0.273 e. The standard InChI is InChI=1S/C12H10Cl2N2OS/c1-16(12(17)11-6-18-7-15-11)5-8-2-9(13)4-10(14)3-8/h2-4,6-7H,5H2,1H3. The van der Waals surface area contributed by atoms with Crippen LogP contribution in [0, 0.1) is 0 Å². The maximum absolute atomic E-state index is 12.0.